The van der Waals surface area contributed by atoms with E-state index in [1.165, 1.54) is 20.3 Å². The minimum atomic E-state index is -0.629. The maximum absolute atomic E-state index is 12.2. The van der Waals surface area contributed by atoms with Gasteiger partial charge in [0.1, 0.15) is 12.2 Å². The van der Waals surface area contributed by atoms with Crippen molar-refractivity contribution >= 4 is 11.9 Å². The van der Waals surface area contributed by atoms with Crippen LogP contribution in [0.5, 0.6) is 0 Å². The molecule has 0 heterocycles. The predicted molar refractivity (Wildman–Crippen MR) is 112 cm³/mol. The lowest BCUT2D eigenvalue weighted by atomic mass is 9.45. The van der Waals surface area contributed by atoms with Crippen LogP contribution in [0.25, 0.3) is 0 Å². The number of fused-ring (bicyclic) bond motifs is 1. The van der Waals surface area contributed by atoms with Crippen molar-refractivity contribution in [3.63, 3.8) is 0 Å². The molecule has 158 valence electrons. The second-order valence-electron chi connectivity index (χ2n) is 9.73. The Morgan fingerprint density at radius 3 is 2.43 bits per heavy atom. The maximum Gasteiger partial charge on any atom is 0.303 e. The van der Waals surface area contributed by atoms with E-state index in [2.05, 4.69) is 27.4 Å². The standard InChI is InChI=1S/C24H38O4/c1-17(12-16-27-19(3)25)11-15-24(28-20(4)26)18(2)9-10-21-22(5,6)13-8-14-23(21,24)7/h12,21H,2,8-11,13-16H2,1,3-7H3. The van der Waals surface area contributed by atoms with Gasteiger partial charge in [0.05, 0.1) is 0 Å². The molecule has 0 amide bonds. The van der Waals surface area contributed by atoms with Crippen LogP contribution >= 0.6 is 0 Å². The summed E-state index contributed by atoms with van der Waals surface area (Å²) in [4.78, 5) is 23.2. The lowest BCUT2D eigenvalue weighted by molar-refractivity contribution is -0.196. The summed E-state index contributed by atoms with van der Waals surface area (Å²) in [5.74, 6) is -0.00207. The summed E-state index contributed by atoms with van der Waals surface area (Å²) in [6.07, 6.45) is 8.92. The highest BCUT2D eigenvalue weighted by atomic mass is 16.6. The Bertz CT molecular complexity index is 660. The molecule has 2 aliphatic carbocycles. The number of rotatable bonds is 6. The third kappa shape index (κ3) is 4.36. The minimum absolute atomic E-state index is 0.105. The van der Waals surface area contributed by atoms with Crippen molar-refractivity contribution in [2.45, 2.75) is 92.1 Å². The molecule has 2 saturated carbocycles. The van der Waals surface area contributed by atoms with Gasteiger partial charge >= 0.3 is 11.9 Å². The summed E-state index contributed by atoms with van der Waals surface area (Å²) >= 11 is 0. The van der Waals surface area contributed by atoms with Gasteiger partial charge in [-0.1, -0.05) is 39.3 Å². The Labute approximate surface area is 170 Å². The summed E-state index contributed by atoms with van der Waals surface area (Å²) in [6.45, 7) is 16.7. The number of hydrogen-bond donors (Lipinski definition) is 0. The topological polar surface area (TPSA) is 52.6 Å². The molecule has 0 aromatic rings. The zero-order chi connectivity index (χ0) is 21.2. The highest BCUT2D eigenvalue weighted by Crippen LogP contribution is 2.64. The molecular weight excluding hydrogens is 352 g/mol. The molecule has 0 aromatic carbocycles. The van der Waals surface area contributed by atoms with E-state index >= 15 is 0 Å². The summed E-state index contributed by atoms with van der Waals surface area (Å²) < 4.78 is 11.2. The van der Waals surface area contributed by atoms with E-state index in [0.29, 0.717) is 5.92 Å². The zero-order valence-corrected chi connectivity index (χ0v) is 18.7. The molecule has 0 aromatic heterocycles. The molecule has 28 heavy (non-hydrogen) atoms. The lowest BCUT2D eigenvalue weighted by Crippen LogP contribution is -2.61. The van der Waals surface area contributed by atoms with Gasteiger partial charge in [-0.3, -0.25) is 9.59 Å². The third-order valence-electron chi connectivity index (χ3n) is 7.37. The first-order chi connectivity index (χ1) is 12.9. The van der Waals surface area contributed by atoms with Crippen molar-refractivity contribution in [3.8, 4) is 0 Å². The van der Waals surface area contributed by atoms with Crippen LogP contribution in [0, 0.1) is 16.7 Å². The van der Waals surface area contributed by atoms with Crippen LogP contribution in [0.3, 0.4) is 0 Å². The van der Waals surface area contributed by atoms with E-state index < -0.39 is 5.60 Å². The lowest BCUT2D eigenvalue weighted by Gasteiger charge is -2.62. The molecule has 0 radical (unpaired) electrons. The van der Waals surface area contributed by atoms with Gasteiger partial charge in [-0.15, -0.1) is 0 Å². The molecule has 4 heteroatoms. The Hall–Kier alpha value is -1.58. The largest absolute Gasteiger partial charge is 0.462 e. The van der Waals surface area contributed by atoms with Crippen molar-refractivity contribution in [1.82, 2.24) is 0 Å². The Morgan fingerprint density at radius 2 is 1.82 bits per heavy atom. The number of carbonyl (C=O) groups is 2. The van der Waals surface area contributed by atoms with Crippen LogP contribution in [0.4, 0.5) is 0 Å². The van der Waals surface area contributed by atoms with Gasteiger partial charge in [-0.2, -0.15) is 0 Å². The van der Waals surface area contributed by atoms with E-state index in [0.717, 1.165) is 49.7 Å². The van der Waals surface area contributed by atoms with Crippen molar-refractivity contribution < 1.29 is 19.1 Å². The number of carbonyl (C=O) groups excluding carboxylic acids is 2. The Morgan fingerprint density at radius 1 is 1.14 bits per heavy atom. The number of hydrogen-bond acceptors (Lipinski definition) is 4. The molecule has 2 rings (SSSR count). The summed E-state index contributed by atoms with van der Waals surface area (Å²) in [5, 5.41) is 0. The van der Waals surface area contributed by atoms with Gasteiger partial charge in [-0.05, 0) is 68.4 Å². The monoisotopic (exact) mass is 390 g/mol. The zero-order valence-electron chi connectivity index (χ0n) is 18.7. The van der Waals surface area contributed by atoms with Crippen molar-refractivity contribution in [2.75, 3.05) is 6.61 Å². The predicted octanol–water partition coefficient (Wildman–Crippen LogP) is 5.76. The molecule has 0 bridgehead atoms. The average Bonchev–Trinajstić information content (AvgIpc) is 2.55. The third-order valence-corrected chi connectivity index (χ3v) is 7.37. The van der Waals surface area contributed by atoms with Crippen LogP contribution in [0.1, 0.15) is 86.5 Å². The van der Waals surface area contributed by atoms with Crippen LogP contribution in [-0.2, 0) is 19.1 Å². The molecule has 4 nitrogen and oxygen atoms in total. The summed E-state index contributed by atoms with van der Waals surface area (Å²) in [7, 11) is 0. The number of ether oxygens (including phenoxy) is 2. The summed E-state index contributed by atoms with van der Waals surface area (Å²) in [6, 6.07) is 0. The second-order valence-corrected chi connectivity index (χ2v) is 9.73. The van der Waals surface area contributed by atoms with Crippen LogP contribution in [0.2, 0.25) is 0 Å². The van der Waals surface area contributed by atoms with E-state index in [4.69, 9.17) is 9.47 Å². The number of allylic oxidation sites excluding steroid dienone is 1. The fourth-order valence-electron chi connectivity index (χ4n) is 5.96. The fourth-order valence-corrected chi connectivity index (χ4v) is 5.96. The van der Waals surface area contributed by atoms with Crippen LogP contribution < -0.4 is 0 Å². The van der Waals surface area contributed by atoms with Crippen LogP contribution in [0.15, 0.2) is 23.8 Å². The molecular formula is C24H38O4. The maximum atomic E-state index is 12.2. The Balaban J connectivity index is 2.34. The molecule has 0 saturated heterocycles. The van der Waals surface area contributed by atoms with Crippen molar-refractivity contribution in [1.29, 1.82) is 0 Å². The van der Waals surface area contributed by atoms with Gasteiger partial charge in [0.25, 0.3) is 0 Å². The quantitative estimate of drug-likeness (QED) is 0.427. The van der Waals surface area contributed by atoms with Gasteiger partial charge in [0.2, 0.25) is 0 Å². The van der Waals surface area contributed by atoms with Gasteiger partial charge < -0.3 is 9.47 Å². The van der Waals surface area contributed by atoms with E-state index in [9.17, 15) is 9.59 Å². The van der Waals surface area contributed by atoms with E-state index in [-0.39, 0.29) is 29.4 Å². The smallest absolute Gasteiger partial charge is 0.303 e. The number of esters is 2. The molecule has 3 unspecified atom stereocenters. The van der Waals surface area contributed by atoms with Crippen molar-refractivity contribution in [3.05, 3.63) is 23.8 Å². The highest BCUT2D eigenvalue weighted by molar-refractivity contribution is 5.67. The Kier molecular flexibility index (Phi) is 6.83. The first-order valence-electron chi connectivity index (χ1n) is 10.6. The van der Waals surface area contributed by atoms with E-state index in [1.54, 1.807) is 0 Å². The molecule has 3 atom stereocenters. The average molecular weight is 391 g/mol. The molecule has 0 spiro atoms. The van der Waals surface area contributed by atoms with Gasteiger partial charge in [0, 0.05) is 19.3 Å². The van der Waals surface area contributed by atoms with Crippen LogP contribution in [-0.4, -0.2) is 24.1 Å². The molecule has 2 fully saturated rings. The molecule has 2 aliphatic rings. The SMILES string of the molecule is C=C1CCC2C(C)(C)CCCC2(C)C1(CCC(C)=CCOC(C)=O)OC(C)=O. The van der Waals surface area contributed by atoms with Gasteiger partial charge in [0.15, 0.2) is 0 Å². The normalized spacial score (nSPS) is 32.4. The van der Waals surface area contributed by atoms with Gasteiger partial charge in [-0.25, -0.2) is 0 Å². The molecule has 0 aliphatic heterocycles. The summed E-state index contributed by atoms with van der Waals surface area (Å²) in [5.41, 5.74) is 1.70. The second kappa shape index (κ2) is 8.42. The first kappa shape index (κ1) is 22.7. The highest BCUT2D eigenvalue weighted by Gasteiger charge is 2.62. The first-order valence-corrected chi connectivity index (χ1v) is 10.6. The fraction of sp³-hybridized carbons (Fsp3) is 0.750. The minimum Gasteiger partial charge on any atom is -0.462 e. The van der Waals surface area contributed by atoms with Crippen molar-refractivity contribution in [2.24, 2.45) is 16.7 Å². The molecule has 0 N–H and O–H groups in total. The van der Waals surface area contributed by atoms with E-state index in [1.807, 2.05) is 13.0 Å².